The summed E-state index contributed by atoms with van der Waals surface area (Å²) in [5.74, 6) is -1.47. The molecule has 2 amide bonds. The van der Waals surface area contributed by atoms with Crippen LogP contribution in [0.3, 0.4) is 0 Å². The zero-order chi connectivity index (χ0) is 19.9. The molecule has 0 radical (unpaired) electrons. The first kappa shape index (κ1) is 19.7. The number of amides is 2. The molecular formula is C21H20FN3O2S. The van der Waals surface area contributed by atoms with Gasteiger partial charge in [0.15, 0.2) is 5.13 Å². The van der Waals surface area contributed by atoms with Gasteiger partial charge in [-0.3, -0.25) is 9.59 Å². The van der Waals surface area contributed by atoms with Gasteiger partial charge in [0.25, 0.3) is 5.91 Å². The van der Waals surface area contributed by atoms with Crippen LogP contribution in [0.4, 0.5) is 9.52 Å². The molecule has 0 saturated carbocycles. The van der Waals surface area contributed by atoms with E-state index in [1.807, 2.05) is 42.6 Å². The number of carbonyl (C=O) groups excluding carboxylic acids is 2. The SMILES string of the molecule is CCCN(CC(=O)Nc1nc(-c2ccccc2)cs1)C(=O)c1ccccc1F. The minimum Gasteiger partial charge on any atom is -0.329 e. The summed E-state index contributed by atoms with van der Waals surface area (Å²) in [6.45, 7) is 2.08. The second kappa shape index (κ2) is 9.23. The number of nitrogens with zero attached hydrogens (tertiary/aromatic N) is 2. The van der Waals surface area contributed by atoms with Gasteiger partial charge in [0.2, 0.25) is 5.91 Å². The van der Waals surface area contributed by atoms with Crippen molar-refractivity contribution < 1.29 is 14.0 Å². The van der Waals surface area contributed by atoms with Crippen LogP contribution in [-0.4, -0.2) is 34.8 Å². The molecule has 2 aromatic carbocycles. The number of carbonyl (C=O) groups is 2. The molecule has 7 heteroatoms. The highest BCUT2D eigenvalue weighted by atomic mass is 32.1. The lowest BCUT2D eigenvalue weighted by Gasteiger charge is -2.21. The quantitative estimate of drug-likeness (QED) is 0.641. The van der Waals surface area contributed by atoms with E-state index in [2.05, 4.69) is 10.3 Å². The van der Waals surface area contributed by atoms with Gasteiger partial charge in [0, 0.05) is 17.5 Å². The average molecular weight is 397 g/mol. The number of anilines is 1. The van der Waals surface area contributed by atoms with Gasteiger partial charge in [-0.05, 0) is 18.6 Å². The van der Waals surface area contributed by atoms with Crippen LogP contribution >= 0.6 is 11.3 Å². The van der Waals surface area contributed by atoms with Crippen LogP contribution in [0.25, 0.3) is 11.3 Å². The molecule has 1 heterocycles. The molecular weight excluding hydrogens is 377 g/mol. The fourth-order valence-corrected chi connectivity index (χ4v) is 3.47. The number of halogens is 1. The summed E-state index contributed by atoms with van der Waals surface area (Å²) in [7, 11) is 0. The highest BCUT2D eigenvalue weighted by Crippen LogP contribution is 2.24. The monoisotopic (exact) mass is 397 g/mol. The van der Waals surface area contributed by atoms with Crippen molar-refractivity contribution in [2.24, 2.45) is 0 Å². The fourth-order valence-electron chi connectivity index (χ4n) is 2.73. The Bertz CT molecular complexity index is 959. The van der Waals surface area contributed by atoms with E-state index in [1.54, 1.807) is 6.07 Å². The van der Waals surface area contributed by atoms with Crippen LogP contribution in [0.5, 0.6) is 0 Å². The van der Waals surface area contributed by atoms with Crippen LogP contribution in [0, 0.1) is 5.82 Å². The molecule has 0 atom stereocenters. The summed E-state index contributed by atoms with van der Waals surface area (Å²) in [6, 6.07) is 15.4. The number of hydrogen-bond acceptors (Lipinski definition) is 4. The third-order valence-electron chi connectivity index (χ3n) is 4.04. The van der Waals surface area contributed by atoms with Crippen LogP contribution < -0.4 is 5.32 Å². The Morgan fingerprint density at radius 3 is 2.54 bits per heavy atom. The molecule has 1 aromatic heterocycles. The van der Waals surface area contributed by atoms with Crippen molar-refractivity contribution in [2.45, 2.75) is 13.3 Å². The normalized spacial score (nSPS) is 10.5. The molecule has 0 spiro atoms. The molecule has 1 N–H and O–H groups in total. The van der Waals surface area contributed by atoms with Crippen molar-refractivity contribution in [3.8, 4) is 11.3 Å². The van der Waals surface area contributed by atoms with Crippen molar-refractivity contribution in [1.29, 1.82) is 0 Å². The molecule has 5 nitrogen and oxygen atoms in total. The summed E-state index contributed by atoms with van der Waals surface area (Å²) >= 11 is 1.31. The predicted molar refractivity (Wildman–Crippen MR) is 109 cm³/mol. The largest absolute Gasteiger partial charge is 0.329 e. The second-order valence-corrected chi connectivity index (χ2v) is 7.02. The molecule has 28 heavy (non-hydrogen) atoms. The van der Waals surface area contributed by atoms with Crippen LogP contribution in [0.1, 0.15) is 23.7 Å². The standard InChI is InChI=1S/C21H20FN3O2S/c1-2-12-25(20(27)16-10-6-7-11-17(16)22)13-19(26)24-21-23-18(14-28-21)15-8-4-3-5-9-15/h3-11,14H,2,12-13H2,1H3,(H,23,24,26). The molecule has 0 unspecified atom stereocenters. The van der Waals surface area contributed by atoms with E-state index in [0.29, 0.717) is 18.1 Å². The smallest absolute Gasteiger partial charge is 0.257 e. The van der Waals surface area contributed by atoms with Crippen molar-refractivity contribution in [1.82, 2.24) is 9.88 Å². The zero-order valence-electron chi connectivity index (χ0n) is 15.4. The lowest BCUT2D eigenvalue weighted by molar-refractivity contribution is -0.116. The number of hydrogen-bond donors (Lipinski definition) is 1. The summed E-state index contributed by atoms with van der Waals surface area (Å²) in [4.78, 5) is 30.8. The van der Waals surface area contributed by atoms with Crippen molar-refractivity contribution in [3.05, 3.63) is 71.4 Å². The Kier molecular flexibility index (Phi) is 6.49. The maximum absolute atomic E-state index is 13.9. The second-order valence-electron chi connectivity index (χ2n) is 6.16. The third-order valence-corrected chi connectivity index (χ3v) is 4.80. The first-order valence-electron chi connectivity index (χ1n) is 8.93. The Morgan fingerprint density at radius 2 is 1.82 bits per heavy atom. The third kappa shape index (κ3) is 4.80. The van der Waals surface area contributed by atoms with Gasteiger partial charge in [-0.1, -0.05) is 49.4 Å². The van der Waals surface area contributed by atoms with E-state index >= 15 is 0 Å². The molecule has 3 rings (SSSR count). The van der Waals surface area contributed by atoms with Crippen LogP contribution in [0.15, 0.2) is 60.0 Å². The lowest BCUT2D eigenvalue weighted by Crippen LogP contribution is -2.38. The van der Waals surface area contributed by atoms with Gasteiger partial charge in [-0.25, -0.2) is 9.37 Å². The summed E-state index contributed by atoms with van der Waals surface area (Å²) in [6.07, 6.45) is 0.656. The average Bonchev–Trinajstić information content (AvgIpc) is 3.16. The molecule has 0 fully saturated rings. The Hall–Kier alpha value is -3.06. The van der Waals surface area contributed by atoms with E-state index in [1.165, 1.54) is 34.4 Å². The number of benzene rings is 2. The van der Waals surface area contributed by atoms with E-state index in [4.69, 9.17) is 0 Å². The minimum atomic E-state index is -0.596. The number of thiazole rings is 1. The fraction of sp³-hybridized carbons (Fsp3) is 0.190. The predicted octanol–water partition coefficient (Wildman–Crippen LogP) is 4.44. The molecule has 0 aliphatic heterocycles. The summed E-state index contributed by atoms with van der Waals surface area (Å²) in [5.41, 5.74) is 1.69. The van der Waals surface area contributed by atoms with Crippen molar-refractivity contribution in [2.75, 3.05) is 18.4 Å². The number of rotatable bonds is 7. The van der Waals surface area contributed by atoms with E-state index in [-0.39, 0.29) is 18.0 Å². The van der Waals surface area contributed by atoms with Gasteiger partial charge in [0.1, 0.15) is 12.4 Å². The van der Waals surface area contributed by atoms with Gasteiger partial charge in [-0.2, -0.15) is 0 Å². The van der Waals surface area contributed by atoms with E-state index in [9.17, 15) is 14.0 Å². The van der Waals surface area contributed by atoms with Gasteiger partial charge >= 0.3 is 0 Å². The van der Waals surface area contributed by atoms with Crippen molar-refractivity contribution in [3.63, 3.8) is 0 Å². The lowest BCUT2D eigenvalue weighted by atomic mass is 10.2. The Morgan fingerprint density at radius 1 is 1.11 bits per heavy atom. The van der Waals surface area contributed by atoms with Crippen molar-refractivity contribution >= 4 is 28.3 Å². The molecule has 0 saturated heterocycles. The molecule has 0 aliphatic rings. The number of nitrogens with one attached hydrogen (secondary N) is 1. The van der Waals surface area contributed by atoms with Gasteiger partial charge in [0.05, 0.1) is 11.3 Å². The van der Waals surface area contributed by atoms with Crippen LogP contribution in [0.2, 0.25) is 0 Å². The first-order chi connectivity index (χ1) is 13.6. The summed E-state index contributed by atoms with van der Waals surface area (Å²) < 4.78 is 13.9. The Labute approximate surface area is 166 Å². The highest BCUT2D eigenvalue weighted by Gasteiger charge is 2.21. The van der Waals surface area contributed by atoms with E-state index < -0.39 is 11.7 Å². The van der Waals surface area contributed by atoms with E-state index in [0.717, 1.165) is 11.3 Å². The van der Waals surface area contributed by atoms with Gasteiger partial charge < -0.3 is 10.2 Å². The zero-order valence-corrected chi connectivity index (χ0v) is 16.2. The van der Waals surface area contributed by atoms with Crippen LogP contribution in [-0.2, 0) is 4.79 Å². The number of aromatic nitrogens is 1. The highest BCUT2D eigenvalue weighted by molar-refractivity contribution is 7.14. The maximum atomic E-state index is 13.9. The molecule has 0 bridgehead atoms. The molecule has 144 valence electrons. The molecule has 0 aliphatic carbocycles. The first-order valence-corrected chi connectivity index (χ1v) is 9.81. The minimum absolute atomic E-state index is 0.0376. The topological polar surface area (TPSA) is 62.3 Å². The summed E-state index contributed by atoms with van der Waals surface area (Å²) in [5, 5.41) is 5.04. The maximum Gasteiger partial charge on any atom is 0.257 e. The van der Waals surface area contributed by atoms with Gasteiger partial charge in [-0.15, -0.1) is 11.3 Å². The molecule has 3 aromatic rings. The Balaban J connectivity index is 1.67.